The molecule has 0 aliphatic rings. The number of hydrogen-bond donors (Lipinski definition) is 0. The molecule has 0 unspecified atom stereocenters. The van der Waals surface area contributed by atoms with E-state index in [1.807, 2.05) is 38.1 Å². The van der Waals surface area contributed by atoms with E-state index in [-0.39, 0.29) is 0 Å². The van der Waals surface area contributed by atoms with Crippen molar-refractivity contribution in [2.24, 2.45) is 0 Å². The minimum atomic E-state index is 0.423. The van der Waals surface area contributed by atoms with Gasteiger partial charge in [-0.05, 0) is 25.5 Å². The minimum absolute atomic E-state index is 0.423. The molecule has 5 nitrogen and oxygen atoms in total. The third-order valence-electron chi connectivity index (χ3n) is 3.16. The van der Waals surface area contributed by atoms with Gasteiger partial charge in [-0.25, -0.2) is 0 Å². The Bertz CT molecular complexity index is 737. The second-order valence-electron chi connectivity index (χ2n) is 4.98. The fraction of sp³-hybridized carbons (Fsp3) is 0.235. The summed E-state index contributed by atoms with van der Waals surface area (Å²) in [5.41, 5.74) is 2.76. The van der Waals surface area contributed by atoms with Crippen molar-refractivity contribution >= 4 is 0 Å². The normalized spacial score (nSPS) is 10.6. The lowest BCUT2D eigenvalue weighted by molar-refractivity contribution is 0.304. The molecule has 0 fully saturated rings. The van der Waals surface area contributed by atoms with Crippen LogP contribution in [0.15, 0.2) is 47.1 Å². The van der Waals surface area contributed by atoms with Crippen LogP contribution in [-0.2, 0) is 0 Å². The van der Waals surface area contributed by atoms with Crippen molar-refractivity contribution in [2.75, 3.05) is 6.61 Å². The minimum Gasteiger partial charge on any atom is -0.476 e. The maximum atomic E-state index is 5.75. The largest absolute Gasteiger partial charge is 0.476 e. The predicted molar refractivity (Wildman–Crippen MR) is 83.5 cm³/mol. The van der Waals surface area contributed by atoms with E-state index < -0.39 is 0 Å². The van der Waals surface area contributed by atoms with Gasteiger partial charge in [0, 0.05) is 5.56 Å². The van der Waals surface area contributed by atoms with Crippen molar-refractivity contribution < 1.29 is 9.15 Å². The first-order valence-electron chi connectivity index (χ1n) is 7.26. The van der Waals surface area contributed by atoms with Crippen molar-refractivity contribution in [1.29, 1.82) is 0 Å². The molecule has 112 valence electrons. The summed E-state index contributed by atoms with van der Waals surface area (Å²) < 4.78 is 11.1. The number of benzene rings is 1. The molecule has 0 saturated carbocycles. The highest BCUT2D eigenvalue weighted by atomic mass is 16.5. The summed E-state index contributed by atoms with van der Waals surface area (Å²) >= 11 is 0. The molecule has 0 atom stereocenters. The van der Waals surface area contributed by atoms with Gasteiger partial charge in [0.1, 0.15) is 0 Å². The van der Waals surface area contributed by atoms with Gasteiger partial charge in [-0.2, -0.15) is 4.98 Å². The Morgan fingerprint density at radius 3 is 2.59 bits per heavy atom. The molecule has 0 saturated heterocycles. The molecule has 1 aromatic carbocycles. The van der Waals surface area contributed by atoms with Gasteiger partial charge in [-0.15, -0.1) is 10.2 Å². The Morgan fingerprint density at radius 1 is 1.09 bits per heavy atom. The molecule has 0 aliphatic carbocycles. The number of aromatic nitrogens is 3. The van der Waals surface area contributed by atoms with Gasteiger partial charge in [-0.1, -0.05) is 36.8 Å². The molecule has 5 heteroatoms. The Hall–Kier alpha value is -2.69. The Morgan fingerprint density at radius 2 is 1.91 bits per heavy atom. The number of aryl methyl sites for hydroxylation is 1. The molecule has 0 radical (unpaired) electrons. The van der Waals surface area contributed by atoms with Crippen molar-refractivity contribution in [3.05, 3.63) is 48.2 Å². The van der Waals surface area contributed by atoms with Gasteiger partial charge in [0.2, 0.25) is 11.7 Å². The first-order chi connectivity index (χ1) is 10.8. The fourth-order valence-corrected chi connectivity index (χ4v) is 2.01. The van der Waals surface area contributed by atoms with Crippen LogP contribution < -0.4 is 4.74 Å². The maximum Gasteiger partial charge on any atom is 0.244 e. The topological polar surface area (TPSA) is 61.0 Å². The van der Waals surface area contributed by atoms with Gasteiger partial charge < -0.3 is 9.15 Å². The molecular weight excluding hydrogens is 278 g/mol. The molecule has 0 amide bonds. The lowest BCUT2D eigenvalue weighted by atomic mass is 10.1. The van der Waals surface area contributed by atoms with Crippen LogP contribution in [0.25, 0.3) is 22.8 Å². The molecule has 2 heterocycles. The van der Waals surface area contributed by atoms with E-state index in [0.717, 1.165) is 12.0 Å². The van der Waals surface area contributed by atoms with Crippen molar-refractivity contribution in [2.45, 2.75) is 20.3 Å². The fourth-order valence-electron chi connectivity index (χ4n) is 2.01. The lowest BCUT2D eigenvalue weighted by Gasteiger charge is -2.09. The summed E-state index contributed by atoms with van der Waals surface area (Å²) in [6.45, 7) is 4.67. The zero-order valence-corrected chi connectivity index (χ0v) is 12.6. The van der Waals surface area contributed by atoms with Crippen LogP contribution in [-0.4, -0.2) is 21.8 Å². The Labute approximate surface area is 129 Å². The predicted octanol–water partition coefficient (Wildman–Crippen LogP) is 3.90. The average molecular weight is 295 g/mol. The number of hydrogen-bond acceptors (Lipinski definition) is 5. The van der Waals surface area contributed by atoms with Gasteiger partial charge in [-0.3, -0.25) is 0 Å². The molecule has 0 bridgehead atoms. The number of nitrogens with zero attached hydrogens (tertiary/aromatic N) is 3. The van der Waals surface area contributed by atoms with Gasteiger partial charge in [0.05, 0.1) is 12.9 Å². The molecule has 22 heavy (non-hydrogen) atoms. The van der Waals surface area contributed by atoms with E-state index in [1.165, 1.54) is 5.56 Å². The zero-order chi connectivity index (χ0) is 15.4. The van der Waals surface area contributed by atoms with Crippen LogP contribution in [0.3, 0.4) is 0 Å². The first kappa shape index (κ1) is 14.3. The second kappa shape index (κ2) is 6.39. The van der Waals surface area contributed by atoms with E-state index in [4.69, 9.17) is 9.15 Å². The molecular formula is C17H17N3O2. The van der Waals surface area contributed by atoms with Crippen LogP contribution in [0.5, 0.6) is 5.88 Å². The summed E-state index contributed by atoms with van der Waals surface area (Å²) in [4.78, 5) is 4.46. The molecule has 3 rings (SSSR count). The van der Waals surface area contributed by atoms with Gasteiger partial charge in [0.15, 0.2) is 11.5 Å². The van der Waals surface area contributed by atoms with Gasteiger partial charge >= 0.3 is 0 Å². The summed E-state index contributed by atoms with van der Waals surface area (Å²) in [5.74, 6) is 1.48. The molecule has 0 spiro atoms. The Kier molecular flexibility index (Phi) is 4.14. The highest BCUT2D eigenvalue weighted by molar-refractivity contribution is 5.65. The third kappa shape index (κ3) is 2.98. The van der Waals surface area contributed by atoms with Crippen LogP contribution >= 0.6 is 0 Å². The maximum absolute atomic E-state index is 5.75. The van der Waals surface area contributed by atoms with Gasteiger partial charge in [0.25, 0.3) is 0 Å². The number of rotatable bonds is 5. The van der Waals surface area contributed by atoms with Crippen molar-refractivity contribution in [3.8, 4) is 28.7 Å². The standard InChI is InChI=1S/C17H17N3O2/c1-3-10-22-17-15(13-8-6-12(2)7-9-13)19-20-16(18-17)14-5-4-11-21-14/h4-9,11H,3,10H2,1-2H3. The molecule has 2 aromatic heterocycles. The van der Waals surface area contributed by atoms with Crippen LogP contribution in [0, 0.1) is 6.92 Å². The summed E-state index contributed by atoms with van der Waals surface area (Å²) in [5, 5.41) is 8.44. The Balaban J connectivity index is 2.03. The monoisotopic (exact) mass is 295 g/mol. The van der Waals surface area contributed by atoms with E-state index in [0.29, 0.717) is 29.8 Å². The highest BCUT2D eigenvalue weighted by Gasteiger charge is 2.15. The lowest BCUT2D eigenvalue weighted by Crippen LogP contribution is -2.04. The highest BCUT2D eigenvalue weighted by Crippen LogP contribution is 2.28. The molecule has 0 N–H and O–H groups in total. The van der Waals surface area contributed by atoms with E-state index in [1.54, 1.807) is 18.4 Å². The van der Waals surface area contributed by atoms with E-state index in [9.17, 15) is 0 Å². The third-order valence-corrected chi connectivity index (χ3v) is 3.16. The summed E-state index contributed by atoms with van der Waals surface area (Å²) in [6, 6.07) is 11.6. The molecule has 3 aromatic rings. The van der Waals surface area contributed by atoms with Crippen LogP contribution in [0.4, 0.5) is 0 Å². The van der Waals surface area contributed by atoms with Crippen molar-refractivity contribution in [1.82, 2.24) is 15.2 Å². The van der Waals surface area contributed by atoms with Crippen LogP contribution in [0.1, 0.15) is 18.9 Å². The quantitative estimate of drug-likeness (QED) is 0.714. The summed E-state index contributed by atoms with van der Waals surface area (Å²) in [6.07, 6.45) is 2.48. The summed E-state index contributed by atoms with van der Waals surface area (Å²) in [7, 11) is 0. The number of ether oxygens (including phenoxy) is 1. The number of furan rings is 1. The first-order valence-corrected chi connectivity index (χ1v) is 7.26. The second-order valence-corrected chi connectivity index (χ2v) is 4.98. The van der Waals surface area contributed by atoms with E-state index in [2.05, 4.69) is 15.2 Å². The SMILES string of the molecule is CCCOc1nc(-c2ccco2)nnc1-c1ccc(C)cc1. The average Bonchev–Trinajstić information content (AvgIpc) is 3.08. The zero-order valence-electron chi connectivity index (χ0n) is 12.6. The van der Waals surface area contributed by atoms with Crippen molar-refractivity contribution in [3.63, 3.8) is 0 Å². The molecule has 0 aliphatic heterocycles. The van der Waals surface area contributed by atoms with Crippen LogP contribution in [0.2, 0.25) is 0 Å². The smallest absolute Gasteiger partial charge is 0.244 e. The van der Waals surface area contributed by atoms with E-state index >= 15 is 0 Å².